The number of aryl methyl sites for hydroxylation is 1. The number of benzene rings is 6. The molecule has 6 aromatic carbocycles. The van der Waals surface area contributed by atoms with Crippen LogP contribution in [0.4, 0.5) is 0 Å². The largest absolute Gasteiger partial charge is 0.264 e. The molecule has 0 fully saturated rings. The molecule has 2 heterocycles. The van der Waals surface area contributed by atoms with Gasteiger partial charge in [0.1, 0.15) is 0 Å². The van der Waals surface area contributed by atoms with Gasteiger partial charge in [-0.15, -0.1) is 0 Å². The fourth-order valence-corrected chi connectivity index (χ4v) is 6.04. The molecule has 0 aliphatic rings. The molecule has 0 atom stereocenters. The Balaban J connectivity index is 1.39. The summed E-state index contributed by atoms with van der Waals surface area (Å²) in [5.41, 5.74) is 8.37. The minimum atomic E-state index is 0.727. The smallest absolute Gasteiger partial charge is 0.161 e. The van der Waals surface area contributed by atoms with Crippen molar-refractivity contribution in [1.29, 1.82) is 0 Å². The summed E-state index contributed by atoms with van der Waals surface area (Å²) < 4.78 is 0. The van der Waals surface area contributed by atoms with Crippen molar-refractivity contribution in [3.05, 3.63) is 139 Å². The third-order valence-electron chi connectivity index (χ3n) is 8.07. The number of rotatable bonds is 4. The fraction of sp³-hybridized carbons (Fsp3) is 0.0263. The zero-order valence-corrected chi connectivity index (χ0v) is 22.5. The van der Waals surface area contributed by atoms with Gasteiger partial charge in [-0.3, -0.25) is 4.98 Å². The molecule has 0 saturated heterocycles. The van der Waals surface area contributed by atoms with E-state index < -0.39 is 0 Å². The molecule has 0 radical (unpaired) electrons. The molecule has 8 rings (SSSR count). The van der Waals surface area contributed by atoms with Crippen LogP contribution in [0.2, 0.25) is 0 Å². The van der Waals surface area contributed by atoms with Gasteiger partial charge in [0.15, 0.2) is 5.82 Å². The Bertz CT molecular complexity index is 2200. The minimum Gasteiger partial charge on any atom is -0.264 e. The predicted molar refractivity (Wildman–Crippen MR) is 170 cm³/mol. The van der Waals surface area contributed by atoms with Gasteiger partial charge in [-0.05, 0) is 74.6 Å². The lowest BCUT2D eigenvalue weighted by Gasteiger charge is -2.15. The van der Waals surface area contributed by atoms with Crippen molar-refractivity contribution >= 4 is 32.3 Å². The number of aromatic nitrogens is 3. The van der Waals surface area contributed by atoms with E-state index in [4.69, 9.17) is 9.97 Å². The van der Waals surface area contributed by atoms with Gasteiger partial charge in [-0.25, -0.2) is 9.97 Å². The summed E-state index contributed by atoms with van der Waals surface area (Å²) in [5, 5.41) is 7.46. The van der Waals surface area contributed by atoms with Crippen LogP contribution in [0.15, 0.2) is 134 Å². The molecule has 192 valence electrons. The Morgan fingerprint density at radius 3 is 2.02 bits per heavy atom. The van der Waals surface area contributed by atoms with E-state index in [-0.39, 0.29) is 0 Å². The lowest BCUT2D eigenvalue weighted by Crippen LogP contribution is -1.98. The van der Waals surface area contributed by atoms with Crippen molar-refractivity contribution in [1.82, 2.24) is 15.0 Å². The van der Waals surface area contributed by atoms with Crippen LogP contribution in [0, 0.1) is 6.92 Å². The molecule has 0 N–H and O–H groups in total. The van der Waals surface area contributed by atoms with Crippen molar-refractivity contribution in [2.45, 2.75) is 6.92 Å². The molecule has 0 bridgehead atoms. The highest BCUT2D eigenvalue weighted by atomic mass is 14.9. The second kappa shape index (κ2) is 9.35. The van der Waals surface area contributed by atoms with Gasteiger partial charge in [-0.1, -0.05) is 97.1 Å². The first kappa shape index (κ1) is 23.5. The van der Waals surface area contributed by atoms with Crippen molar-refractivity contribution in [2.75, 3.05) is 0 Å². The molecule has 2 aromatic heterocycles. The van der Waals surface area contributed by atoms with Gasteiger partial charge in [0.05, 0.1) is 11.4 Å². The third-order valence-corrected chi connectivity index (χ3v) is 8.07. The summed E-state index contributed by atoms with van der Waals surface area (Å²) in [6.45, 7) is 2.13. The van der Waals surface area contributed by atoms with Crippen molar-refractivity contribution in [3.8, 4) is 45.0 Å². The highest BCUT2D eigenvalue weighted by Crippen LogP contribution is 2.39. The average molecular weight is 524 g/mol. The average Bonchev–Trinajstić information content (AvgIpc) is 3.04. The minimum absolute atomic E-state index is 0.727. The van der Waals surface area contributed by atoms with E-state index in [9.17, 15) is 0 Å². The van der Waals surface area contributed by atoms with Gasteiger partial charge in [-0.2, -0.15) is 0 Å². The molecule has 0 amide bonds. The van der Waals surface area contributed by atoms with Crippen LogP contribution >= 0.6 is 0 Å². The SMILES string of the molecule is Cc1ccccc1-c1cc(-c2cccc(-c3cccnc3)c2)nc(-c2ccc3ccc4cccc5ccc2c3c45)n1. The Morgan fingerprint density at radius 1 is 0.488 bits per heavy atom. The summed E-state index contributed by atoms with van der Waals surface area (Å²) >= 11 is 0. The highest BCUT2D eigenvalue weighted by molar-refractivity contribution is 6.25. The maximum Gasteiger partial charge on any atom is 0.161 e. The monoisotopic (exact) mass is 523 g/mol. The Labute approximate surface area is 238 Å². The second-order valence-corrected chi connectivity index (χ2v) is 10.6. The van der Waals surface area contributed by atoms with Crippen LogP contribution in [0.5, 0.6) is 0 Å². The van der Waals surface area contributed by atoms with Gasteiger partial charge in [0.2, 0.25) is 0 Å². The van der Waals surface area contributed by atoms with Crippen molar-refractivity contribution in [3.63, 3.8) is 0 Å². The quantitative estimate of drug-likeness (QED) is 0.216. The number of nitrogens with zero attached hydrogens (tertiary/aromatic N) is 3. The molecule has 8 aromatic rings. The maximum atomic E-state index is 5.22. The number of hydrogen-bond donors (Lipinski definition) is 0. The van der Waals surface area contributed by atoms with E-state index in [1.807, 2.05) is 12.3 Å². The van der Waals surface area contributed by atoms with E-state index in [1.165, 1.54) is 37.9 Å². The van der Waals surface area contributed by atoms with Crippen molar-refractivity contribution in [2.24, 2.45) is 0 Å². The zero-order chi connectivity index (χ0) is 27.3. The number of pyridine rings is 1. The Morgan fingerprint density at radius 2 is 1.20 bits per heavy atom. The first-order chi connectivity index (χ1) is 20.2. The molecule has 0 aliphatic carbocycles. The normalized spacial score (nSPS) is 11.5. The van der Waals surface area contributed by atoms with Crippen molar-refractivity contribution < 1.29 is 0 Å². The van der Waals surface area contributed by atoms with Crippen LogP contribution < -0.4 is 0 Å². The third kappa shape index (κ3) is 3.94. The first-order valence-electron chi connectivity index (χ1n) is 13.9. The van der Waals surface area contributed by atoms with Gasteiger partial charge in [0, 0.05) is 34.6 Å². The molecular weight excluding hydrogens is 498 g/mol. The van der Waals surface area contributed by atoms with Crippen LogP contribution in [0.3, 0.4) is 0 Å². The van der Waals surface area contributed by atoms with E-state index in [1.54, 1.807) is 6.20 Å². The van der Waals surface area contributed by atoms with Gasteiger partial charge < -0.3 is 0 Å². The lowest BCUT2D eigenvalue weighted by atomic mass is 9.91. The molecule has 0 aliphatic heterocycles. The van der Waals surface area contributed by atoms with Crippen LogP contribution in [0.1, 0.15) is 5.56 Å². The van der Waals surface area contributed by atoms with Crippen LogP contribution in [-0.4, -0.2) is 15.0 Å². The number of hydrogen-bond acceptors (Lipinski definition) is 3. The lowest BCUT2D eigenvalue weighted by molar-refractivity contribution is 1.18. The highest BCUT2D eigenvalue weighted by Gasteiger charge is 2.17. The van der Waals surface area contributed by atoms with E-state index in [2.05, 4.69) is 127 Å². The molecule has 3 nitrogen and oxygen atoms in total. The second-order valence-electron chi connectivity index (χ2n) is 10.6. The fourth-order valence-electron chi connectivity index (χ4n) is 6.04. The van der Waals surface area contributed by atoms with E-state index >= 15 is 0 Å². The van der Waals surface area contributed by atoms with Gasteiger partial charge >= 0.3 is 0 Å². The topological polar surface area (TPSA) is 38.7 Å². The van der Waals surface area contributed by atoms with Crippen LogP contribution in [0.25, 0.3) is 77.3 Å². The Hall–Kier alpha value is -5.41. The first-order valence-corrected chi connectivity index (χ1v) is 13.9. The predicted octanol–water partition coefficient (Wildman–Crippen LogP) is 9.75. The van der Waals surface area contributed by atoms with Gasteiger partial charge in [0.25, 0.3) is 0 Å². The summed E-state index contributed by atoms with van der Waals surface area (Å²) in [5.74, 6) is 0.727. The summed E-state index contributed by atoms with van der Waals surface area (Å²) in [4.78, 5) is 14.7. The van der Waals surface area contributed by atoms with E-state index in [0.29, 0.717) is 0 Å². The summed E-state index contributed by atoms with van der Waals surface area (Å²) in [7, 11) is 0. The molecule has 3 heteroatoms. The molecule has 0 saturated carbocycles. The summed E-state index contributed by atoms with van der Waals surface area (Å²) in [6.07, 6.45) is 3.70. The molecule has 0 unspecified atom stereocenters. The molecule has 0 spiro atoms. The molecule has 41 heavy (non-hydrogen) atoms. The zero-order valence-electron chi connectivity index (χ0n) is 22.5. The standard InChI is InChI=1S/C38H25N3/c1-24-7-2-3-13-31(24)35-22-34(29-11-5-10-28(21-29)30-12-6-20-39-23-30)40-38(41-35)33-19-17-27-15-14-25-8-4-9-26-16-18-32(33)37(27)36(25)26/h2-23H,1H3. The molecular formula is C38H25N3. The Kier molecular flexibility index (Phi) is 5.36. The maximum absolute atomic E-state index is 5.22. The van der Waals surface area contributed by atoms with E-state index in [0.717, 1.165) is 45.0 Å². The summed E-state index contributed by atoms with van der Waals surface area (Å²) in [6, 6.07) is 42.9. The van der Waals surface area contributed by atoms with Crippen LogP contribution in [-0.2, 0) is 0 Å².